The van der Waals surface area contributed by atoms with Crippen molar-refractivity contribution in [3.63, 3.8) is 0 Å². The summed E-state index contributed by atoms with van der Waals surface area (Å²) >= 11 is 0. The van der Waals surface area contributed by atoms with E-state index in [2.05, 4.69) is 21.4 Å². The number of hydrogen-bond acceptors (Lipinski definition) is 5. The van der Waals surface area contributed by atoms with Crippen LogP contribution in [-0.4, -0.2) is 9.97 Å². The number of pyridine rings is 1. The van der Waals surface area contributed by atoms with Gasteiger partial charge in [0.1, 0.15) is 11.9 Å². The van der Waals surface area contributed by atoms with Crippen molar-refractivity contribution in [2.75, 3.05) is 5.32 Å². The maximum atomic E-state index is 13.0. The molecule has 25 heavy (non-hydrogen) atoms. The Hall–Kier alpha value is -3.20. The fourth-order valence-corrected chi connectivity index (χ4v) is 2.92. The van der Waals surface area contributed by atoms with Gasteiger partial charge in [0.15, 0.2) is 0 Å². The summed E-state index contributed by atoms with van der Waals surface area (Å²) in [5.41, 5.74) is 2.30. The van der Waals surface area contributed by atoms with Gasteiger partial charge in [-0.2, -0.15) is 5.26 Å². The van der Waals surface area contributed by atoms with Crippen LogP contribution in [0.5, 0.6) is 0 Å². The molecule has 6 heteroatoms. The van der Waals surface area contributed by atoms with Crippen molar-refractivity contribution in [2.24, 2.45) is 0 Å². The zero-order valence-corrected chi connectivity index (χ0v) is 13.3. The van der Waals surface area contributed by atoms with Crippen LogP contribution < -0.4 is 5.32 Å². The third-order valence-corrected chi connectivity index (χ3v) is 4.33. The van der Waals surface area contributed by atoms with Crippen LogP contribution in [0.25, 0.3) is 0 Å². The standard InChI is InChI=1S/C19H15FN4O/c20-14-5-3-13(4-6-14)15-8-16(15)18-24-17(9-21)19(25-18)23-11-12-2-1-7-22-10-12/h1-7,10,15-16,23H,8,11H2. The molecule has 2 unspecified atom stereocenters. The molecule has 0 spiro atoms. The fourth-order valence-electron chi connectivity index (χ4n) is 2.92. The van der Waals surface area contributed by atoms with Gasteiger partial charge < -0.3 is 9.73 Å². The van der Waals surface area contributed by atoms with Gasteiger partial charge in [0.05, 0.1) is 0 Å². The number of nitrogens with one attached hydrogen (secondary N) is 1. The lowest BCUT2D eigenvalue weighted by molar-refractivity contribution is 0.505. The van der Waals surface area contributed by atoms with Crippen molar-refractivity contribution in [3.05, 3.63) is 77.3 Å². The van der Waals surface area contributed by atoms with Gasteiger partial charge in [-0.05, 0) is 41.7 Å². The van der Waals surface area contributed by atoms with Crippen LogP contribution in [0.4, 0.5) is 10.3 Å². The number of halogens is 1. The molecule has 0 amide bonds. The van der Waals surface area contributed by atoms with Crippen molar-refractivity contribution in [1.82, 2.24) is 9.97 Å². The van der Waals surface area contributed by atoms with Gasteiger partial charge in [0.2, 0.25) is 17.5 Å². The monoisotopic (exact) mass is 334 g/mol. The van der Waals surface area contributed by atoms with E-state index in [4.69, 9.17) is 4.42 Å². The lowest BCUT2D eigenvalue weighted by Crippen LogP contribution is -2.00. The molecule has 1 fully saturated rings. The molecule has 0 bridgehead atoms. The summed E-state index contributed by atoms with van der Waals surface area (Å²) in [6, 6.07) is 12.4. The van der Waals surface area contributed by atoms with Crippen molar-refractivity contribution in [1.29, 1.82) is 5.26 Å². The van der Waals surface area contributed by atoms with Gasteiger partial charge in [-0.3, -0.25) is 4.98 Å². The zero-order valence-electron chi connectivity index (χ0n) is 13.3. The Kier molecular flexibility index (Phi) is 3.90. The van der Waals surface area contributed by atoms with Crippen LogP contribution in [0.1, 0.15) is 41.0 Å². The maximum Gasteiger partial charge on any atom is 0.232 e. The second kappa shape index (κ2) is 6.36. The van der Waals surface area contributed by atoms with Gasteiger partial charge >= 0.3 is 0 Å². The van der Waals surface area contributed by atoms with Crippen LogP contribution in [0.2, 0.25) is 0 Å². The summed E-state index contributed by atoms with van der Waals surface area (Å²) in [4.78, 5) is 8.37. The van der Waals surface area contributed by atoms with E-state index in [0.717, 1.165) is 17.5 Å². The van der Waals surface area contributed by atoms with Crippen molar-refractivity contribution in [2.45, 2.75) is 24.8 Å². The fraction of sp³-hybridized carbons (Fsp3) is 0.211. The molecule has 1 aliphatic carbocycles. The van der Waals surface area contributed by atoms with Crippen LogP contribution in [0, 0.1) is 17.1 Å². The maximum absolute atomic E-state index is 13.0. The Balaban J connectivity index is 1.48. The number of hydrogen-bond donors (Lipinski definition) is 1. The molecule has 2 atom stereocenters. The molecule has 1 aliphatic rings. The average Bonchev–Trinajstić information content (AvgIpc) is 3.34. The Morgan fingerprint density at radius 3 is 2.80 bits per heavy atom. The Morgan fingerprint density at radius 1 is 1.24 bits per heavy atom. The minimum Gasteiger partial charge on any atom is -0.424 e. The first-order chi connectivity index (χ1) is 12.2. The van der Waals surface area contributed by atoms with E-state index in [1.807, 2.05) is 12.1 Å². The van der Waals surface area contributed by atoms with E-state index >= 15 is 0 Å². The zero-order chi connectivity index (χ0) is 17.2. The molecule has 3 aromatic rings. The second-order valence-electron chi connectivity index (χ2n) is 6.06. The molecular weight excluding hydrogens is 319 g/mol. The van der Waals surface area contributed by atoms with E-state index in [9.17, 15) is 9.65 Å². The predicted octanol–water partition coefficient (Wildman–Crippen LogP) is 3.96. The van der Waals surface area contributed by atoms with Crippen molar-refractivity contribution in [3.8, 4) is 6.07 Å². The van der Waals surface area contributed by atoms with E-state index < -0.39 is 0 Å². The summed E-state index contributed by atoms with van der Waals surface area (Å²) in [7, 11) is 0. The summed E-state index contributed by atoms with van der Waals surface area (Å²) in [5, 5.41) is 12.4. The van der Waals surface area contributed by atoms with E-state index in [1.54, 1.807) is 24.5 Å². The first kappa shape index (κ1) is 15.3. The molecule has 5 nitrogen and oxygen atoms in total. The van der Waals surface area contributed by atoms with E-state index in [1.165, 1.54) is 12.1 Å². The van der Waals surface area contributed by atoms with Crippen LogP contribution >= 0.6 is 0 Å². The summed E-state index contributed by atoms with van der Waals surface area (Å²) in [6.07, 6.45) is 4.35. The first-order valence-corrected chi connectivity index (χ1v) is 8.03. The Labute approximate surface area is 144 Å². The quantitative estimate of drug-likeness (QED) is 0.764. The molecule has 0 aliphatic heterocycles. The average molecular weight is 334 g/mol. The van der Waals surface area contributed by atoms with Crippen LogP contribution in [0.3, 0.4) is 0 Å². The number of rotatable bonds is 5. The van der Waals surface area contributed by atoms with Gasteiger partial charge in [0, 0.05) is 24.9 Å². The third-order valence-electron chi connectivity index (χ3n) is 4.33. The van der Waals surface area contributed by atoms with E-state index in [0.29, 0.717) is 18.3 Å². The molecule has 4 rings (SSSR count). The molecule has 1 N–H and O–H groups in total. The van der Waals surface area contributed by atoms with Gasteiger partial charge in [-0.15, -0.1) is 0 Å². The molecule has 0 saturated heterocycles. The normalized spacial score (nSPS) is 18.6. The highest BCUT2D eigenvalue weighted by Crippen LogP contribution is 2.54. The highest BCUT2D eigenvalue weighted by molar-refractivity contribution is 5.47. The molecule has 124 valence electrons. The minimum atomic E-state index is -0.245. The van der Waals surface area contributed by atoms with Crippen LogP contribution in [-0.2, 0) is 6.54 Å². The topological polar surface area (TPSA) is 74.7 Å². The van der Waals surface area contributed by atoms with E-state index in [-0.39, 0.29) is 23.3 Å². The smallest absolute Gasteiger partial charge is 0.232 e. The number of oxazole rings is 1. The summed E-state index contributed by atoms with van der Waals surface area (Å²) < 4.78 is 18.8. The van der Waals surface area contributed by atoms with Gasteiger partial charge in [-0.25, -0.2) is 9.37 Å². The Morgan fingerprint density at radius 2 is 2.08 bits per heavy atom. The highest BCUT2D eigenvalue weighted by atomic mass is 19.1. The molecule has 1 saturated carbocycles. The minimum absolute atomic E-state index is 0.131. The van der Waals surface area contributed by atoms with Gasteiger partial charge in [0.25, 0.3) is 0 Å². The number of nitrogens with zero attached hydrogens (tertiary/aromatic N) is 3. The number of aromatic nitrogens is 2. The summed E-state index contributed by atoms with van der Waals surface area (Å²) in [6.45, 7) is 0.503. The number of nitriles is 1. The summed E-state index contributed by atoms with van der Waals surface area (Å²) in [5.74, 6) is 1.08. The number of anilines is 1. The van der Waals surface area contributed by atoms with Crippen LogP contribution in [0.15, 0.2) is 53.2 Å². The number of benzene rings is 1. The molecule has 2 heterocycles. The third kappa shape index (κ3) is 3.22. The largest absolute Gasteiger partial charge is 0.424 e. The lowest BCUT2D eigenvalue weighted by Gasteiger charge is -2.02. The second-order valence-corrected chi connectivity index (χ2v) is 6.06. The molecule has 2 aromatic heterocycles. The highest BCUT2D eigenvalue weighted by Gasteiger charge is 2.43. The molecule has 0 radical (unpaired) electrons. The van der Waals surface area contributed by atoms with Gasteiger partial charge in [-0.1, -0.05) is 18.2 Å². The first-order valence-electron chi connectivity index (χ1n) is 8.03. The SMILES string of the molecule is N#Cc1nc(C2CC2c2ccc(F)cc2)oc1NCc1cccnc1. The van der Waals surface area contributed by atoms with Crippen molar-refractivity contribution >= 4 is 5.88 Å². The Bertz CT molecular complexity index is 915. The molecule has 1 aromatic carbocycles. The predicted molar refractivity (Wildman–Crippen MR) is 89.3 cm³/mol. The molecular formula is C19H15FN4O. The van der Waals surface area contributed by atoms with Crippen molar-refractivity contribution < 1.29 is 8.81 Å². The lowest BCUT2D eigenvalue weighted by atomic mass is 10.1.